The van der Waals surface area contributed by atoms with Crippen LogP contribution in [0.15, 0.2) is 5.11 Å². The average Bonchev–Trinajstić information content (AvgIpc) is 2.39. The summed E-state index contributed by atoms with van der Waals surface area (Å²) in [5, 5.41) is 23.4. The van der Waals surface area contributed by atoms with Crippen molar-refractivity contribution >= 4 is 0 Å². The Labute approximate surface area is 111 Å². The van der Waals surface area contributed by atoms with Gasteiger partial charge in [-0.05, 0) is 12.0 Å². The van der Waals surface area contributed by atoms with E-state index in [1.807, 2.05) is 6.92 Å². The molecule has 1 aliphatic rings. The van der Waals surface area contributed by atoms with E-state index in [9.17, 15) is 10.2 Å². The first-order chi connectivity index (χ1) is 9.15. The molecule has 2 N–H and O–H groups in total. The van der Waals surface area contributed by atoms with E-state index in [1.165, 1.54) is 7.11 Å². The highest BCUT2D eigenvalue weighted by molar-refractivity contribution is 4.94. The van der Waals surface area contributed by atoms with Gasteiger partial charge in [0, 0.05) is 18.6 Å². The van der Waals surface area contributed by atoms with Crippen LogP contribution in [0.1, 0.15) is 19.8 Å². The molecule has 2 unspecified atom stereocenters. The Balaban J connectivity index is 2.76. The normalized spacial score (nSPS) is 34.8. The van der Waals surface area contributed by atoms with Crippen LogP contribution in [0.2, 0.25) is 0 Å². The van der Waals surface area contributed by atoms with Crippen molar-refractivity contribution in [2.75, 3.05) is 20.3 Å². The molecule has 0 aromatic rings. The fourth-order valence-corrected chi connectivity index (χ4v) is 1.96. The second-order valence-corrected chi connectivity index (χ2v) is 4.40. The molecule has 1 fully saturated rings. The Morgan fingerprint density at radius 2 is 2.16 bits per heavy atom. The van der Waals surface area contributed by atoms with E-state index in [4.69, 9.17) is 19.7 Å². The van der Waals surface area contributed by atoms with Gasteiger partial charge in [0.2, 0.25) is 0 Å². The molecule has 110 valence electrons. The van der Waals surface area contributed by atoms with Gasteiger partial charge in [-0.25, -0.2) is 0 Å². The van der Waals surface area contributed by atoms with Gasteiger partial charge >= 0.3 is 0 Å². The summed E-state index contributed by atoms with van der Waals surface area (Å²) in [5.41, 5.74) is 8.51. The number of hydrogen-bond donors (Lipinski definition) is 2. The molecular formula is C11H21N3O5. The molecule has 0 aromatic carbocycles. The van der Waals surface area contributed by atoms with E-state index in [-0.39, 0.29) is 6.61 Å². The minimum atomic E-state index is -1.31. The molecule has 1 saturated heterocycles. The number of ether oxygens (including phenoxy) is 3. The maximum absolute atomic E-state index is 10.1. The summed E-state index contributed by atoms with van der Waals surface area (Å²) in [5.74, 6) is 0. The minimum Gasteiger partial charge on any atom is -0.388 e. The van der Waals surface area contributed by atoms with Gasteiger partial charge in [0.15, 0.2) is 6.29 Å². The SMILES string of the molecule is CCCCO[C@@H]1C(N=[N+]=[N-])[C@H](O)OC(COC)[C@H]1O. The van der Waals surface area contributed by atoms with Crippen molar-refractivity contribution in [1.82, 2.24) is 0 Å². The van der Waals surface area contributed by atoms with Gasteiger partial charge in [0.05, 0.1) is 12.7 Å². The molecule has 8 heteroatoms. The van der Waals surface area contributed by atoms with Gasteiger partial charge < -0.3 is 24.4 Å². The zero-order chi connectivity index (χ0) is 14.3. The first-order valence-electron chi connectivity index (χ1n) is 6.32. The second-order valence-electron chi connectivity index (χ2n) is 4.40. The van der Waals surface area contributed by atoms with Crippen LogP contribution in [0, 0.1) is 0 Å². The van der Waals surface area contributed by atoms with E-state index in [2.05, 4.69) is 10.0 Å². The van der Waals surface area contributed by atoms with Gasteiger partial charge in [-0.2, -0.15) is 0 Å². The van der Waals surface area contributed by atoms with E-state index in [0.717, 1.165) is 12.8 Å². The molecule has 1 aliphatic heterocycles. The van der Waals surface area contributed by atoms with Crippen molar-refractivity contribution < 1.29 is 24.4 Å². The van der Waals surface area contributed by atoms with Crippen LogP contribution >= 0.6 is 0 Å². The van der Waals surface area contributed by atoms with Crippen molar-refractivity contribution in [2.45, 2.75) is 50.4 Å². The molecule has 5 atom stereocenters. The van der Waals surface area contributed by atoms with Gasteiger partial charge in [-0.1, -0.05) is 18.5 Å². The Kier molecular flexibility index (Phi) is 7.07. The number of aliphatic hydroxyl groups excluding tert-OH is 2. The van der Waals surface area contributed by atoms with Crippen LogP contribution in [-0.2, 0) is 14.2 Å². The number of rotatable bonds is 7. The zero-order valence-electron chi connectivity index (χ0n) is 11.2. The molecule has 1 heterocycles. The molecule has 8 nitrogen and oxygen atoms in total. The highest BCUT2D eigenvalue weighted by atomic mass is 16.6. The topological polar surface area (TPSA) is 117 Å². The van der Waals surface area contributed by atoms with Gasteiger partial charge in [0.1, 0.15) is 18.2 Å². The predicted octanol–water partition coefficient (Wildman–Crippen LogP) is 0.575. The third-order valence-electron chi connectivity index (χ3n) is 2.98. The molecular weight excluding hydrogens is 254 g/mol. The van der Waals surface area contributed by atoms with Crippen molar-refractivity contribution in [3.8, 4) is 0 Å². The molecule has 0 radical (unpaired) electrons. The lowest BCUT2D eigenvalue weighted by Gasteiger charge is -2.40. The summed E-state index contributed by atoms with van der Waals surface area (Å²) in [6, 6.07) is -0.968. The summed E-state index contributed by atoms with van der Waals surface area (Å²) in [7, 11) is 1.47. The lowest BCUT2D eigenvalue weighted by atomic mass is 9.97. The Morgan fingerprint density at radius 1 is 1.42 bits per heavy atom. The first kappa shape index (κ1) is 16.2. The van der Waals surface area contributed by atoms with Gasteiger partial charge in [0.25, 0.3) is 0 Å². The second kappa shape index (κ2) is 8.31. The highest BCUT2D eigenvalue weighted by Crippen LogP contribution is 2.25. The van der Waals surface area contributed by atoms with Gasteiger partial charge in [-0.15, -0.1) is 0 Å². The van der Waals surface area contributed by atoms with E-state index in [0.29, 0.717) is 6.61 Å². The summed E-state index contributed by atoms with van der Waals surface area (Å²) in [6.45, 7) is 2.55. The molecule has 0 aliphatic carbocycles. The van der Waals surface area contributed by atoms with Crippen LogP contribution in [0.3, 0.4) is 0 Å². The van der Waals surface area contributed by atoms with Crippen LogP contribution in [0.25, 0.3) is 10.4 Å². The number of aliphatic hydroxyl groups is 2. The Bertz CT molecular complexity index is 311. The number of azide groups is 1. The van der Waals surface area contributed by atoms with E-state index in [1.54, 1.807) is 0 Å². The zero-order valence-corrected chi connectivity index (χ0v) is 11.2. The van der Waals surface area contributed by atoms with E-state index < -0.39 is 30.6 Å². The number of unbranched alkanes of at least 4 members (excludes halogenated alkanes) is 1. The Morgan fingerprint density at radius 3 is 2.74 bits per heavy atom. The van der Waals surface area contributed by atoms with Crippen molar-refractivity contribution in [2.24, 2.45) is 5.11 Å². The van der Waals surface area contributed by atoms with Crippen molar-refractivity contribution in [3.05, 3.63) is 10.4 Å². The molecule has 19 heavy (non-hydrogen) atoms. The lowest BCUT2D eigenvalue weighted by molar-refractivity contribution is -0.258. The third-order valence-corrected chi connectivity index (χ3v) is 2.98. The number of hydrogen-bond acceptors (Lipinski definition) is 6. The van der Waals surface area contributed by atoms with Crippen LogP contribution in [0.5, 0.6) is 0 Å². The molecule has 0 spiro atoms. The molecule has 0 amide bonds. The van der Waals surface area contributed by atoms with Crippen LogP contribution < -0.4 is 0 Å². The van der Waals surface area contributed by atoms with Gasteiger partial charge in [-0.3, -0.25) is 0 Å². The molecule has 0 aromatic heterocycles. The molecule has 0 saturated carbocycles. The molecule has 1 rings (SSSR count). The fourth-order valence-electron chi connectivity index (χ4n) is 1.96. The highest BCUT2D eigenvalue weighted by Gasteiger charge is 2.45. The number of methoxy groups -OCH3 is 1. The summed E-state index contributed by atoms with van der Waals surface area (Å²) >= 11 is 0. The predicted molar refractivity (Wildman–Crippen MR) is 66.3 cm³/mol. The largest absolute Gasteiger partial charge is 0.388 e. The standard InChI is InChI=1S/C11H21N3O5/c1-3-4-5-18-10-8(13-14-12)11(16)19-7(6-17-2)9(10)15/h7-11,15-16H,3-6H2,1-2H3/t7?,8?,9-,10-,11-/m1/s1. The smallest absolute Gasteiger partial charge is 0.166 e. The average molecular weight is 275 g/mol. The fraction of sp³-hybridized carbons (Fsp3) is 1.00. The van der Waals surface area contributed by atoms with Crippen molar-refractivity contribution in [3.63, 3.8) is 0 Å². The number of nitrogens with zero attached hydrogens (tertiary/aromatic N) is 3. The van der Waals surface area contributed by atoms with Crippen molar-refractivity contribution in [1.29, 1.82) is 0 Å². The lowest BCUT2D eigenvalue weighted by Crippen LogP contribution is -2.58. The maximum atomic E-state index is 10.1. The molecule has 0 bridgehead atoms. The third kappa shape index (κ3) is 4.31. The summed E-state index contributed by atoms with van der Waals surface area (Å²) in [6.07, 6.45) is -2.09. The van der Waals surface area contributed by atoms with Crippen LogP contribution in [-0.4, -0.2) is 61.2 Å². The summed E-state index contributed by atoms with van der Waals surface area (Å²) in [4.78, 5) is 2.66. The quantitative estimate of drug-likeness (QED) is 0.305. The van der Waals surface area contributed by atoms with E-state index >= 15 is 0 Å². The van der Waals surface area contributed by atoms with Crippen LogP contribution in [0.4, 0.5) is 0 Å². The summed E-state index contributed by atoms with van der Waals surface area (Å²) < 4.78 is 15.6. The monoisotopic (exact) mass is 275 g/mol. The minimum absolute atomic E-state index is 0.120. The maximum Gasteiger partial charge on any atom is 0.166 e. The Hall–Kier alpha value is -0.890. The first-order valence-corrected chi connectivity index (χ1v) is 6.32.